The maximum atomic E-state index is 12.3. The van der Waals surface area contributed by atoms with Gasteiger partial charge in [0.2, 0.25) is 0 Å². The van der Waals surface area contributed by atoms with Crippen LogP contribution in [0.5, 0.6) is 5.75 Å². The summed E-state index contributed by atoms with van der Waals surface area (Å²) >= 11 is 0. The fourth-order valence-electron chi connectivity index (χ4n) is 2.28. The van der Waals surface area contributed by atoms with Crippen LogP contribution in [-0.2, 0) is 4.79 Å². The molecular formula is C19H23NO2. The lowest BCUT2D eigenvalue weighted by molar-refractivity contribution is -0.122. The number of amides is 1. The summed E-state index contributed by atoms with van der Waals surface area (Å²) in [6.45, 7) is 9.81. The van der Waals surface area contributed by atoms with E-state index in [-0.39, 0.29) is 5.91 Å². The number of anilines is 1. The van der Waals surface area contributed by atoms with E-state index < -0.39 is 6.10 Å². The Balaban J connectivity index is 2.07. The highest BCUT2D eigenvalue weighted by atomic mass is 16.5. The third-order valence-electron chi connectivity index (χ3n) is 3.87. The molecule has 1 unspecified atom stereocenters. The molecule has 1 N–H and O–H groups in total. The molecule has 0 aliphatic heterocycles. The average Bonchev–Trinajstić information content (AvgIpc) is 2.46. The Labute approximate surface area is 132 Å². The van der Waals surface area contributed by atoms with Crippen molar-refractivity contribution in [2.45, 2.75) is 40.7 Å². The van der Waals surface area contributed by atoms with Crippen LogP contribution >= 0.6 is 0 Å². The van der Waals surface area contributed by atoms with E-state index in [1.54, 1.807) is 6.92 Å². The van der Waals surface area contributed by atoms with Gasteiger partial charge in [-0.05, 0) is 63.4 Å². The normalized spacial score (nSPS) is 11.9. The number of benzene rings is 2. The standard InChI is InChI=1S/C19H23NO2/c1-12-9-10-17(14(3)11-12)20-19(21)16(5)22-18-8-6-7-13(2)15(18)4/h6-11,16H,1-5H3,(H,20,21). The van der Waals surface area contributed by atoms with Gasteiger partial charge in [-0.3, -0.25) is 4.79 Å². The Morgan fingerprint density at radius 3 is 2.45 bits per heavy atom. The molecule has 0 saturated carbocycles. The second-order valence-electron chi connectivity index (χ2n) is 5.77. The maximum absolute atomic E-state index is 12.3. The molecule has 3 heteroatoms. The molecule has 116 valence electrons. The van der Waals surface area contributed by atoms with Crippen LogP contribution in [0.25, 0.3) is 0 Å². The Hall–Kier alpha value is -2.29. The molecule has 0 saturated heterocycles. The third kappa shape index (κ3) is 3.67. The molecule has 0 fully saturated rings. The molecule has 1 amide bonds. The van der Waals surface area contributed by atoms with E-state index in [0.717, 1.165) is 28.1 Å². The van der Waals surface area contributed by atoms with E-state index in [9.17, 15) is 4.79 Å². The van der Waals surface area contributed by atoms with Crippen LogP contribution in [-0.4, -0.2) is 12.0 Å². The quantitative estimate of drug-likeness (QED) is 0.912. The largest absolute Gasteiger partial charge is 0.481 e. The summed E-state index contributed by atoms with van der Waals surface area (Å²) in [7, 11) is 0. The molecule has 1 atom stereocenters. The summed E-state index contributed by atoms with van der Waals surface area (Å²) in [5, 5.41) is 2.93. The van der Waals surface area contributed by atoms with Gasteiger partial charge >= 0.3 is 0 Å². The van der Waals surface area contributed by atoms with Crippen molar-refractivity contribution < 1.29 is 9.53 Å². The Morgan fingerprint density at radius 2 is 1.77 bits per heavy atom. The van der Waals surface area contributed by atoms with Crippen molar-refractivity contribution in [3.8, 4) is 5.75 Å². The minimum atomic E-state index is -0.554. The van der Waals surface area contributed by atoms with Gasteiger partial charge in [-0.15, -0.1) is 0 Å². The highest BCUT2D eigenvalue weighted by molar-refractivity contribution is 5.94. The summed E-state index contributed by atoms with van der Waals surface area (Å²) in [5.74, 6) is 0.608. The fraction of sp³-hybridized carbons (Fsp3) is 0.316. The number of aryl methyl sites for hydroxylation is 3. The van der Waals surface area contributed by atoms with Crippen LogP contribution in [0.15, 0.2) is 36.4 Å². The van der Waals surface area contributed by atoms with E-state index in [1.807, 2.05) is 64.1 Å². The number of nitrogens with one attached hydrogen (secondary N) is 1. The van der Waals surface area contributed by atoms with E-state index >= 15 is 0 Å². The van der Waals surface area contributed by atoms with Gasteiger partial charge in [0.1, 0.15) is 5.75 Å². The highest BCUT2D eigenvalue weighted by Crippen LogP contribution is 2.22. The van der Waals surface area contributed by atoms with Crippen molar-refractivity contribution in [3.63, 3.8) is 0 Å². The lowest BCUT2D eigenvalue weighted by Crippen LogP contribution is -2.30. The molecule has 0 spiro atoms. The van der Waals surface area contributed by atoms with Gasteiger partial charge in [0.15, 0.2) is 6.10 Å². The first-order valence-corrected chi connectivity index (χ1v) is 7.49. The molecule has 0 radical (unpaired) electrons. The molecule has 0 aromatic heterocycles. The number of hydrogen-bond acceptors (Lipinski definition) is 2. The Bertz CT molecular complexity index is 692. The maximum Gasteiger partial charge on any atom is 0.265 e. The topological polar surface area (TPSA) is 38.3 Å². The predicted molar refractivity (Wildman–Crippen MR) is 90.6 cm³/mol. The molecule has 2 aromatic carbocycles. The Morgan fingerprint density at radius 1 is 1.05 bits per heavy atom. The van der Waals surface area contributed by atoms with Crippen LogP contribution in [0.1, 0.15) is 29.2 Å². The molecule has 3 nitrogen and oxygen atoms in total. The predicted octanol–water partition coefficient (Wildman–Crippen LogP) is 4.33. The van der Waals surface area contributed by atoms with Crippen LogP contribution in [0.3, 0.4) is 0 Å². The molecule has 0 aliphatic carbocycles. The SMILES string of the molecule is Cc1ccc(NC(=O)C(C)Oc2cccc(C)c2C)c(C)c1. The zero-order chi connectivity index (χ0) is 16.3. The zero-order valence-corrected chi connectivity index (χ0v) is 13.9. The fourth-order valence-corrected chi connectivity index (χ4v) is 2.28. The first-order valence-electron chi connectivity index (χ1n) is 7.49. The van der Waals surface area contributed by atoms with Gasteiger partial charge in [0.05, 0.1) is 0 Å². The molecule has 2 rings (SSSR count). The Kier molecular flexibility index (Phi) is 4.86. The van der Waals surface area contributed by atoms with Crippen LogP contribution in [0, 0.1) is 27.7 Å². The lowest BCUT2D eigenvalue weighted by Gasteiger charge is -2.18. The minimum absolute atomic E-state index is 0.146. The zero-order valence-electron chi connectivity index (χ0n) is 13.9. The van der Waals surface area contributed by atoms with Crippen molar-refractivity contribution in [1.82, 2.24) is 0 Å². The minimum Gasteiger partial charge on any atom is -0.481 e. The van der Waals surface area contributed by atoms with Crippen LogP contribution in [0.2, 0.25) is 0 Å². The molecule has 0 bridgehead atoms. The molecule has 0 aliphatic rings. The van der Waals surface area contributed by atoms with Crippen molar-refractivity contribution in [3.05, 3.63) is 58.7 Å². The van der Waals surface area contributed by atoms with Crippen molar-refractivity contribution in [2.24, 2.45) is 0 Å². The molecule has 22 heavy (non-hydrogen) atoms. The van der Waals surface area contributed by atoms with E-state index in [2.05, 4.69) is 5.32 Å². The second kappa shape index (κ2) is 6.65. The summed E-state index contributed by atoms with van der Waals surface area (Å²) in [6, 6.07) is 11.8. The van der Waals surface area contributed by atoms with Gasteiger partial charge in [0, 0.05) is 5.69 Å². The van der Waals surface area contributed by atoms with Gasteiger partial charge in [0.25, 0.3) is 5.91 Å². The van der Waals surface area contributed by atoms with Crippen molar-refractivity contribution >= 4 is 11.6 Å². The number of rotatable bonds is 4. The van der Waals surface area contributed by atoms with Gasteiger partial charge in [-0.1, -0.05) is 29.8 Å². The number of hydrogen-bond donors (Lipinski definition) is 1. The first kappa shape index (κ1) is 16.1. The number of carbonyl (C=O) groups is 1. The lowest BCUT2D eigenvalue weighted by atomic mass is 10.1. The molecule has 2 aromatic rings. The third-order valence-corrected chi connectivity index (χ3v) is 3.87. The van der Waals surface area contributed by atoms with E-state index in [0.29, 0.717) is 0 Å². The molecular weight excluding hydrogens is 274 g/mol. The van der Waals surface area contributed by atoms with E-state index in [1.165, 1.54) is 5.56 Å². The van der Waals surface area contributed by atoms with Crippen LogP contribution < -0.4 is 10.1 Å². The molecule has 0 heterocycles. The van der Waals surface area contributed by atoms with Crippen molar-refractivity contribution in [1.29, 1.82) is 0 Å². The first-order chi connectivity index (χ1) is 10.4. The smallest absolute Gasteiger partial charge is 0.265 e. The van der Waals surface area contributed by atoms with Gasteiger partial charge < -0.3 is 10.1 Å². The number of carbonyl (C=O) groups excluding carboxylic acids is 1. The highest BCUT2D eigenvalue weighted by Gasteiger charge is 2.16. The van der Waals surface area contributed by atoms with E-state index in [4.69, 9.17) is 4.74 Å². The number of ether oxygens (including phenoxy) is 1. The van der Waals surface area contributed by atoms with Gasteiger partial charge in [-0.25, -0.2) is 0 Å². The summed E-state index contributed by atoms with van der Waals surface area (Å²) in [4.78, 5) is 12.3. The summed E-state index contributed by atoms with van der Waals surface area (Å²) < 4.78 is 5.81. The average molecular weight is 297 g/mol. The van der Waals surface area contributed by atoms with Crippen LogP contribution in [0.4, 0.5) is 5.69 Å². The summed E-state index contributed by atoms with van der Waals surface area (Å²) in [6.07, 6.45) is -0.554. The van der Waals surface area contributed by atoms with Gasteiger partial charge in [-0.2, -0.15) is 0 Å². The second-order valence-corrected chi connectivity index (χ2v) is 5.77. The monoisotopic (exact) mass is 297 g/mol. The summed E-state index contributed by atoms with van der Waals surface area (Å²) in [5.41, 5.74) is 5.27. The van der Waals surface area contributed by atoms with Crippen molar-refractivity contribution in [2.75, 3.05) is 5.32 Å².